The van der Waals surface area contributed by atoms with Gasteiger partial charge in [-0.15, -0.1) is 0 Å². The molecule has 2 aliphatic rings. The SMILES string of the molecule is CCOC(=O)C1=C(C)NC(CCN2CCOCC2)=C(C(=O)OCC)C1c1ccc[n+]([O-])c1. The van der Waals surface area contributed by atoms with Crippen LogP contribution in [0.25, 0.3) is 0 Å². The first kappa shape index (κ1) is 23.7. The number of esters is 2. The molecule has 1 saturated heterocycles. The Balaban J connectivity index is 2.06. The van der Waals surface area contributed by atoms with Crippen LogP contribution in [0.4, 0.5) is 0 Å². The van der Waals surface area contributed by atoms with Crippen molar-refractivity contribution in [2.75, 3.05) is 46.1 Å². The first-order valence-corrected chi connectivity index (χ1v) is 11.0. The molecule has 3 heterocycles. The smallest absolute Gasteiger partial charge is 0.336 e. The van der Waals surface area contributed by atoms with Crippen LogP contribution in [-0.2, 0) is 23.8 Å². The van der Waals surface area contributed by atoms with Crippen LogP contribution in [0.2, 0.25) is 0 Å². The second kappa shape index (κ2) is 11.1. The largest absolute Gasteiger partial charge is 0.619 e. The van der Waals surface area contributed by atoms with Crippen molar-refractivity contribution in [1.82, 2.24) is 10.2 Å². The highest BCUT2D eigenvalue weighted by molar-refractivity contribution is 5.99. The number of aromatic nitrogens is 1. The van der Waals surface area contributed by atoms with Gasteiger partial charge in [-0.2, -0.15) is 4.73 Å². The van der Waals surface area contributed by atoms with E-state index in [1.165, 1.54) is 12.4 Å². The van der Waals surface area contributed by atoms with Gasteiger partial charge in [-0.3, -0.25) is 4.90 Å². The monoisotopic (exact) mass is 445 g/mol. The van der Waals surface area contributed by atoms with E-state index in [4.69, 9.17) is 14.2 Å². The van der Waals surface area contributed by atoms with Crippen LogP contribution in [0, 0.1) is 5.21 Å². The van der Waals surface area contributed by atoms with Crippen molar-refractivity contribution in [3.05, 3.63) is 57.8 Å². The number of ether oxygens (including phenoxy) is 3. The Hall–Kier alpha value is -2.91. The zero-order valence-electron chi connectivity index (χ0n) is 18.9. The maximum absolute atomic E-state index is 13.1. The number of carbonyl (C=O) groups excluding carboxylic acids is 2. The lowest BCUT2D eigenvalue weighted by Gasteiger charge is -2.32. The van der Waals surface area contributed by atoms with Crippen LogP contribution in [0.1, 0.15) is 38.7 Å². The molecule has 2 aliphatic heterocycles. The zero-order chi connectivity index (χ0) is 23.1. The number of nitrogens with one attached hydrogen (secondary N) is 1. The van der Waals surface area contributed by atoms with E-state index in [1.807, 2.05) is 0 Å². The summed E-state index contributed by atoms with van der Waals surface area (Å²) in [6, 6.07) is 3.33. The number of morpholine rings is 1. The van der Waals surface area contributed by atoms with Gasteiger partial charge in [0.1, 0.15) is 0 Å². The van der Waals surface area contributed by atoms with Crippen LogP contribution in [0.15, 0.2) is 47.1 Å². The van der Waals surface area contributed by atoms with Crippen molar-refractivity contribution in [2.45, 2.75) is 33.1 Å². The van der Waals surface area contributed by atoms with Gasteiger partial charge in [0.15, 0.2) is 12.4 Å². The van der Waals surface area contributed by atoms with E-state index in [2.05, 4.69) is 10.2 Å². The summed E-state index contributed by atoms with van der Waals surface area (Å²) < 4.78 is 16.7. The van der Waals surface area contributed by atoms with Crippen molar-refractivity contribution >= 4 is 11.9 Å². The first-order chi connectivity index (χ1) is 15.5. The number of nitrogens with zero attached hydrogens (tertiary/aromatic N) is 2. The Labute approximate surface area is 188 Å². The lowest BCUT2D eigenvalue weighted by Crippen LogP contribution is -2.39. The third-order valence-electron chi connectivity index (χ3n) is 5.55. The molecule has 32 heavy (non-hydrogen) atoms. The highest BCUT2D eigenvalue weighted by Gasteiger charge is 2.39. The summed E-state index contributed by atoms with van der Waals surface area (Å²) in [5, 5.41) is 15.3. The maximum Gasteiger partial charge on any atom is 0.336 e. The number of hydrogen-bond acceptors (Lipinski definition) is 8. The van der Waals surface area contributed by atoms with E-state index < -0.39 is 17.9 Å². The van der Waals surface area contributed by atoms with Gasteiger partial charge in [-0.25, -0.2) is 9.59 Å². The standard InChI is InChI=1S/C23H31N3O6/c1-4-31-22(27)19-16(3)24-18(8-10-25-11-13-30-14-12-25)21(23(28)32-5-2)20(19)17-7-6-9-26(29)15-17/h6-7,9,15,20,24H,4-5,8,10-14H2,1-3H3. The van der Waals surface area contributed by atoms with E-state index in [9.17, 15) is 14.8 Å². The van der Waals surface area contributed by atoms with E-state index in [1.54, 1.807) is 32.9 Å². The van der Waals surface area contributed by atoms with Crippen molar-refractivity contribution < 1.29 is 28.5 Å². The molecule has 1 atom stereocenters. The number of rotatable bonds is 8. The second-order valence-electron chi connectivity index (χ2n) is 7.63. The fraction of sp³-hybridized carbons (Fsp3) is 0.522. The maximum atomic E-state index is 13.1. The highest BCUT2D eigenvalue weighted by Crippen LogP contribution is 2.39. The van der Waals surface area contributed by atoms with Crippen LogP contribution in [0.5, 0.6) is 0 Å². The molecule has 1 aromatic rings. The molecule has 1 N–H and O–H groups in total. The third kappa shape index (κ3) is 5.46. The molecule has 1 fully saturated rings. The van der Waals surface area contributed by atoms with Crippen LogP contribution in [0.3, 0.4) is 0 Å². The number of hydrogen-bond donors (Lipinski definition) is 1. The Morgan fingerprint density at radius 3 is 2.47 bits per heavy atom. The summed E-state index contributed by atoms with van der Waals surface area (Å²) >= 11 is 0. The van der Waals surface area contributed by atoms with E-state index in [0.717, 1.165) is 19.6 Å². The molecular formula is C23H31N3O6. The quantitative estimate of drug-likeness (QED) is 0.364. The summed E-state index contributed by atoms with van der Waals surface area (Å²) in [5.74, 6) is -1.81. The Kier molecular flexibility index (Phi) is 8.24. The highest BCUT2D eigenvalue weighted by atomic mass is 16.5. The number of dihydropyridines is 1. The van der Waals surface area contributed by atoms with Crippen molar-refractivity contribution in [3.63, 3.8) is 0 Å². The predicted molar refractivity (Wildman–Crippen MR) is 116 cm³/mol. The molecular weight excluding hydrogens is 414 g/mol. The average Bonchev–Trinajstić information content (AvgIpc) is 2.78. The van der Waals surface area contributed by atoms with Gasteiger partial charge < -0.3 is 24.7 Å². The van der Waals surface area contributed by atoms with Gasteiger partial charge in [-0.05, 0) is 26.8 Å². The third-order valence-corrected chi connectivity index (χ3v) is 5.55. The fourth-order valence-corrected chi connectivity index (χ4v) is 4.09. The average molecular weight is 446 g/mol. The Morgan fingerprint density at radius 1 is 1.19 bits per heavy atom. The van der Waals surface area contributed by atoms with Crippen molar-refractivity contribution in [3.8, 4) is 0 Å². The molecule has 9 heteroatoms. The van der Waals surface area contributed by atoms with Crippen molar-refractivity contribution in [1.29, 1.82) is 0 Å². The predicted octanol–water partition coefficient (Wildman–Crippen LogP) is 1.38. The number of carbonyl (C=O) groups is 2. The molecule has 0 saturated carbocycles. The minimum Gasteiger partial charge on any atom is -0.619 e. The molecule has 174 valence electrons. The molecule has 0 bridgehead atoms. The van der Waals surface area contributed by atoms with Gasteiger partial charge in [0.05, 0.1) is 43.5 Å². The molecule has 1 unspecified atom stereocenters. The zero-order valence-corrected chi connectivity index (χ0v) is 18.9. The minimum absolute atomic E-state index is 0.194. The first-order valence-electron chi connectivity index (χ1n) is 11.0. The van der Waals surface area contributed by atoms with Crippen LogP contribution < -0.4 is 10.0 Å². The molecule has 0 radical (unpaired) electrons. The second-order valence-corrected chi connectivity index (χ2v) is 7.63. The Morgan fingerprint density at radius 2 is 1.84 bits per heavy atom. The van der Waals surface area contributed by atoms with E-state index in [-0.39, 0.29) is 13.2 Å². The van der Waals surface area contributed by atoms with Crippen LogP contribution in [-0.4, -0.2) is 62.9 Å². The van der Waals surface area contributed by atoms with Gasteiger partial charge in [-0.1, -0.05) is 0 Å². The molecule has 0 amide bonds. The summed E-state index contributed by atoms with van der Waals surface area (Å²) in [4.78, 5) is 28.3. The lowest BCUT2D eigenvalue weighted by molar-refractivity contribution is -0.605. The molecule has 1 aromatic heterocycles. The molecule has 0 aliphatic carbocycles. The van der Waals surface area contributed by atoms with Gasteiger partial charge in [0.25, 0.3) is 0 Å². The van der Waals surface area contributed by atoms with E-state index >= 15 is 0 Å². The normalized spacial score (nSPS) is 19.5. The molecule has 3 rings (SSSR count). The fourth-order valence-electron chi connectivity index (χ4n) is 4.09. The van der Waals surface area contributed by atoms with Gasteiger partial charge >= 0.3 is 11.9 Å². The number of pyridine rings is 1. The van der Waals surface area contributed by atoms with E-state index in [0.29, 0.717) is 52.5 Å². The Bertz CT molecular complexity index is 905. The van der Waals surface area contributed by atoms with Crippen molar-refractivity contribution in [2.24, 2.45) is 0 Å². The lowest BCUT2D eigenvalue weighted by atomic mass is 9.80. The molecule has 0 spiro atoms. The summed E-state index contributed by atoms with van der Waals surface area (Å²) in [5.41, 5.74) is 2.45. The summed E-state index contributed by atoms with van der Waals surface area (Å²) in [6.45, 7) is 9.36. The molecule has 9 nitrogen and oxygen atoms in total. The number of allylic oxidation sites excluding steroid dienone is 1. The molecule has 0 aromatic carbocycles. The summed E-state index contributed by atoms with van der Waals surface area (Å²) in [7, 11) is 0. The van der Waals surface area contributed by atoms with Gasteiger partial charge in [0, 0.05) is 49.1 Å². The van der Waals surface area contributed by atoms with Gasteiger partial charge in [0.2, 0.25) is 0 Å². The summed E-state index contributed by atoms with van der Waals surface area (Å²) in [6.07, 6.45) is 3.29. The topological polar surface area (TPSA) is 104 Å². The van der Waals surface area contributed by atoms with Crippen LogP contribution >= 0.6 is 0 Å². The minimum atomic E-state index is -0.768.